The van der Waals surface area contributed by atoms with Gasteiger partial charge in [0.1, 0.15) is 0 Å². The lowest BCUT2D eigenvalue weighted by molar-refractivity contribution is -0.137. The van der Waals surface area contributed by atoms with E-state index in [2.05, 4.69) is 19.1 Å². The molecular formula is C20H30O4. The number of aliphatic carboxylic acids is 1. The Morgan fingerprint density at radius 3 is 2.79 bits per heavy atom. The quantitative estimate of drug-likeness (QED) is 0.417. The molecule has 1 rings (SSSR count). The van der Waals surface area contributed by atoms with Gasteiger partial charge in [0.05, 0.1) is 6.10 Å². The monoisotopic (exact) mass is 334 g/mol. The van der Waals surface area contributed by atoms with Crippen LogP contribution in [0.25, 0.3) is 0 Å². The minimum absolute atomic E-state index is 0.0558. The van der Waals surface area contributed by atoms with Crippen molar-refractivity contribution in [3.8, 4) is 0 Å². The summed E-state index contributed by atoms with van der Waals surface area (Å²) in [7, 11) is 0. The number of carboxylic acid groups (broad SMARTS) is 1. The van der Waals surface area contributed by atoms with Crippen LogP contribution in [0.5, 0.6) is 0 Å². The standard InChI is InChI=1S/C20H30O4/c1-2-3-4-5-6-7-9-16-12-15-19(22)18(16)14-13-17(21)10-8-11-20(23)24/h6-7,12-18,21H,2-5,8-11H2,1H3,(H,23,24)/b7-6-,14-13+/t16-,17-,18-/m0/s1. The minimum Gasteiger partial charge on any atom is -0.481 e. The highest BCUT2D eigenvalue weighted by molar-refractivity contribution is 5.95. The molecule has 2 N–H and O–H groups in total. The number of ketones is 1. The van der Waals surface area contributed by atoms with Crippen molar-refractivity contribution in [1.29, 1.82) is 0 Å². The van der Waals surface area contributed by atoms with Crippen molar-refractivity contribution in [2.24, 2.45) is 11.8 Å². The maximum atomic E-state index is 12.0. The molecule has 24 heavy (non-hydrogen) atoms. The van der Waals surface area contributed by atoms with E-state index in [1.807, 2.05) is 6.08 Å². The second kappa shape index (κ2) is 11.8. The summed E-state index contributed by atoms with van der Waals surface area (Å²) in [5.74, 6) is -0.831. The third-order valence-corrected chi connectivity index (χ3v) is 4.28. The summed E-state index contributed by atoms with van der Waals surface area (Å²) in [5, 5.41) is 18.5. The highest BCUT2D eigenvalue weighted by atomic mass is 16.4. The fraction of sp³-hybridized carbons (Fsp3) is 0.600. The van der Waals surface area contributed by atoms with Gasteiger partial charge in [0.2, 0.25) is 0 Å². The molecular weight excluding hydrogens is 304 g/mol. The number of hydrogen-bond donors (Lipinski definition) is 2. The van der Waals surface area contributed by atoms with Gasteiger partial charge in [-0.15, -0.1) is 0 Å². The van der Waals surface area contributed by atoms with Crippen LogP contribution in [0, 0.1) is 11.8 Å². The summed E-state index contributed by atoms with van der Waals surface area (Å²) in [6, 6.07) is 0. The molecule has 0 saturated heterocycles. The Hall–Kier alpha value is -1.68. The second-order valence-electron chi connectivity index (χ2n) is 6.39. The van der Waals surface area contributed by atoms with Gasteiger partial charge in [0.25, 0.3) is 0 Å². The molecule has 0 fully saturated rings. The number of unbranched alkanes of at least 4 members (excludes halogenated alkanes) is 3. The van der Waals surface area contributed by atoms with E-state index in [1.54, 1.807) is 18.2 Å². The molecule has 0 saturated carbocycles. The first-order valence-corrected chi connectivity index (χ1v) is 8.99. The Morgan fingerprint density at radius 1 is 1.29 bits per heavy atom. The third-order valence-electron chi connectivity index (χ3n) is 4.28. The number of allylic oxidation sites excluding steroid dienone is 5. The van der Waals surface area contributed by atoms with Crippen LogP contribution in [0.3, 0.4) is 0 Å². The van der Waals surface area contributed by atoms with Crippen LogP contribution in [0.4, 0.5) is 0 Å². The Balaban J connectivity index is 2.39. The van der Waals surface area contributed by atoms with Gasteiger partial charge >= 0.3 is 5.97 Å². The molecule has 0 amide bonds. The van der Waals surface area contributed by atoms with Crippen molar-refractivity contribution in [1.82, 2.24) is 0 Å². The molecule has 1 aliphatic rings. The molecule has 0 aliphatic heterocycles. The van der Waals surface area contributed by atoms with Crippen LogP contribution >= 0.6 is 0 Å². The molecule has 0 aromatic carbocycles. The maximum Gasteiger partial charge on any atom is 0.303 e. The molecule has 0 radical (unpaired) electrons. The van der Waals surface area contributed by atoms with Crippen LogP contribution in [-0.2, 0) is 9.59 Å². The smallest absolute Gasteiger partial charge is 0.303 e. The van der Waals surface area contributed by atoms with E-state index < -0.39 is 12.1 Å². The zero-order valence-corrected chi connectivity index (χ0v) is 14.6. The minimum atomic E-state index is -0.855. The molecule has 4 heteroatoms. The van der Waals surface area contributed by atoms with Crippen molar-refractivity contribution < 1.29 is 19.8 Å². The van der Waals surface area contributed by atoms with Crippen LogP contribution in [-0.4, -0.2) is 28.1 Å². The van der Waals surface area contributed by atoms with Gasteiger partial charge in [-0.3, -0.25) is 9.59 Å². The topological polar surface area (TPSA) is 74.6 Å². The van der Waals surface area contributed by atoms with Crippen LogP contribution in [0.2, 0.25) is 0 Å². The number of aliphatic hydroxyl groups is 1. The molecule has 0 heterocycles. The Bertz CT molecular complexity index is 476. The number of aliphatic hydroxyl groups excluding tert-OH is 1. The maximum absolute atomic E-state index is 12.0. The van der Waals surface area contributed by atoms with Crippen LogP contribution in [0.1, 0.15) is 58.3 Å². The van der Waals surface area contributed by atoms with E-state index in [0.717, 1.165) is 12.8 Å². The summed E-state index contributed by atoms with van der Waals surface area (Å²) in [6.07, 6.45) is 17.1. The number of rotatable bonds is 12. The number of carbonyl (C=O) groups is 2. The Labute approximate surface area is 145 Å². The van der Waals surface area contributed by atoms with Crippen molar-refractivity contribution in [2.45, 2.75) is 64.4 Å². The predicted molar refractivity (Wildman–Crippen MR) is 95.7 cm³/mol. The van der Waals surface area contributed by atoms with E-state index >= 15 is 0 Å². The first kappa shape index (κ1) is 20.4. The summed E-state index contributed by atoms with van der Waals surface area (Å²) < 4.78 is 0. The molecule has 3 atom stereocenters. The van der Waals surface area contributed by atoms with Crippen molar-refractivity contribution >= 4 is 11.8 Å². The van der Waals surface area contributed by atoms with Gasteiger partial charge in [0.15, 0.2) is 5.78 Å². The lowest BCUT2D eigenvalue weighted by Crippen LogP contribution is -2.14. The second-order valence-corrected chi connectivity index (χ2v) is 6.39. The highest BCUT2D eigenvalue weighted by Gasteiger charge is 2.26. The zero-order valence-electron chi connectivity index (χ0n) is 14.6. The van der Waals surface area contributed by atoms with Crippen molar-refractivity contribution in [3.63, 3.8) is 0 Å². The molecule has 0 spiro atoms. The van der Waals surface area contributed by atoms with Gasteiger partial charge in [-0.05, 0) is 44.1 Å². The molecule has 0 aromatic heterocycles. The molecule has 4 nitrogen and oxygen atoms in total. The van der Waals surface area contributed by atoms with Gasteiger partial charge in [-0.25, -0.2) is 0 Å². The van der Waals surface area contributed by atoms with E-state index in [4.69, 9.17) is 5.11 Å². The lowest BCUT2D eigenvalue weighted by Gasteiger charge is -2.13. The SMILES string of the molecule is CCCCC/C=C\C[C@H]1C=CC(=O)[C@H]1/C=C/[C@@H](O)CCCC(=O)O. The summed E-state index contributed by atoms with van der Waals surface area (Å²) in [6.45, 7) is 2.19. The highest BCUT2D eigenvalue weighted by Crippen LogP contribution is 2.27. The molecule has 0 unspecified atom stereocenters. The van der Waals surface area contributed by atoms with Gasteiger partial charge in [0, 0.05) is 12.3 Å². The van der Waals surface area contributed by atoms with Gasteiger partial charge in [-0.1, -0.05) is 50.1 Å². The molecule has 134 valence electrons. The fourth-order valence-corrected chi connectivity index (χ4v) is 2.81. The zero-order chi connectivity index (χ0) is 17.8. The third kappa shape index (κ3) is 8.25. The predicted octanol–water partition coefficient (Wildman–Crippen LogP) is 4.06. The van der Waals surface area contributed by atoms with Gasteiger partial charge in [-0.2, -0.15) is 0 Å². The summed E-state index contributed by atoms with van der Waals surface area (Å²) >= 11 is 0. The summed E-state index contributed by atoms with van der Waals surface area (Å²) in [4.78, 5) is 22.4. The van der Waals surface area contributed by atoms with Crippen molar-refractivity contribution in [2.75, 3.05) is 0 Å². The van der Waals surface area contributed by atoms with Crippen LogP contribution in [0.15, 0.2) is 36.5 Å². The number of carboxylic acids is 1. The fourth-order valence-electron chi connectivity index (χ4n) is 2.81. The first-order chi connectivity index (χ1) is 11.5. The van der Waals surface area contributed by atoms with Gasteiger partial charge < -0.3 is 10.2 Å². The molecule has 0 bridgehead atoms. The first-order valence-electron chi connectivity index (χ1n) is 8.99. The van der Waals surface area contributed by atoms with E-state index in [9.17, 15) is 14.7 Å². The largest absolute Gasteiger partial charge is 0.481 e. The Morgan fingerprint density at radius 2 is 2.08 bits per heavy atom. The summed E-state index contributed by atoms with van der Waals surface area (Å²) in [5.41, 5.74) is 0. The molecule has 0 aromatic rings. The Kier molecular flexibility index (Phi) is 10.0. The van der Waals surface area contributed by atoms with E-state index in [1.165, 1.54) is 19.3 Å². The van der Waals surface area contributed by atoms with Crippen molar-refractivity contribution in [3.05, 3.63) is 36.5 Å². The molecule has 1 aliphatic carbocycles. The normalized spacial score (nSPS) is 22.0. The number of carbonyl (C=O) groups excluding carboxylic acids is 1. The average molecular weight is 334 g/mol. The van der Waals surface area contributed by atoms with E-state index in [0.29, 0.717) is 12.8 Å². The average Bonchev–Trinajstić information content (AvgIpc) is 2.88. The number of hydrogen-bond acceptors (Lipinski definition) is 3. The lowest BCUT2D eigenvalue weighted by atomic mass is 9.90. The van der Waals surface area contributed by atoms with Crippen LogP contribution < -0.4 is 0 Å². The van der Waals surface area contributed by atoms with E-state index in [-0.39, 0.29) is 24.0 Å².